The van der Waals surface area contributed by atoms with Crippen molar-refractivity contribution in [1.29, 1.82) is 0 Å². The zero-order chi connectivity index (χ0) is 26.9. The van der Waals surface area contributed by atoms with Gasteiger partial charge in [0.1, 0.15) is 11.9 Å². The summed E-state index contributed by atoms with van der Waals surface area (Å²) in [5.41, 5.74) is 0.165. The van der Waals surface area contributed by atoms with Crippen LogP contribution in [0.2, 0.25) is 10.0 Å². The van der Waals surface area contributed by atoms with Gasteiger partial charge in [-0.05, 0) is 79.0 Å². The highest BCUT2D eigenvalue weighted by molar-refractivity contribution is 6.42. The molecule has 4 aliphatic carbocycles. The normalized spacial score (nSPS) is 29.2. The number of rotatable bonds is 7. The van der Waals surface area contributed by atoms with Crippen LogP contribution in [0.3, 0.4) is 0 Å². The number of hydrazine groups is 1. The molecule has 0 aromatic heterocycles. The second-order valence-corrected chi connectivity index (χ2v) is 11.5. The molecule has 2 aromatic rings. The lowest BCUT2D eigenvalue weighted by Crippen LogP contribution is -2.57. The van der Waals surface area contributed by atoms with Crippen molar-refractivity contribution in [2.45, 2.75) is 18.9 Å². The minimum Gasteiger partial charge on any atom is -0.292 e. The summed E-state index contributed by atoms with van der Waals surface area (Å²) in [4.78, 5) is 55.7. The highest BCUT2D eigenvalue weighted by Gasteiger charge is 2.68. The molecule has 2 aromatic carbocycles. The molecule has 0 N–H and O–H groups in total. The molecule has 1 aliphatic heterocycles. The number of Topliss-reactive ketones (excluding diaryl/α,β-unsaturated/α-hetero) is 1. The minimum atomic E-state index is -1.30. The number of carbonyl (C=O) groups is 4. The molecular formula is C28H22Cl3FN2O4. The fourth-order valence-electron chi connectivity index (χ4n) is 6.56. The summed E-state index contributed by atoms with van der Waals surface area (Å²) in [6.45, 7) is 0. The quantitative estimate of drug-likeness (QED) is 0.191. The van der Waals surface area contributed by atoms with E-state index in [1.165, 1.54) is 30.3 Å². The van der Waals surface area contributed by atoms with Crippen LogP contribution in [0.4, 0.5) is 4.39 Å². The number of hydrogen-bond acceptors (Lipinski definition) is 4. The van der Waals surface area contributed by atoms with Crippen LogP contribution in [0.5, 0.6) is 0 Å². The third-order valence-corrected chi connectivity index (χ3v) is 9.30. The van der Waals surface area contributed by atoms with E-state index in [0.717, 1.165) is 28.6 Å². The number of ketones is 1. The maximum absolute atomic E-state index is 14.1. The van der Waals surface area contributed by atoms with Gasteiger partial charge in [-0.3, -0.25) is 19.2 Å². The van der Waals surface area contributed by atoms with Crippen molar-refractivity contribution >= 4 is 58.3 Å². The Labute approximate surface area is 233 Å². The number of nitrogens with zero attached hydrogens (tertiary/aromatic N) is 2. The van der Waals surface area contributed by atoms with Crippen molar-refractivity contribution < 1.29 is 23.6 Å². The van der Waals surface area contributed by atoms with Gasteiger partial charge in [-0.1, -0.05) is 35.4 Å². The molecule has 1 heterocycles. The maximum Gasteiger partial charge on any atom is 0.273 e. The molecule has 7 atom stereocenters. The van der Waals surface area contributed by atoms with Crippen molar-refractivity contribution in [1.82, 2.24) is 10.0 Å². The molecule has 2 bridgehead atoms. The van der Waals surface area contributed by atoms with E-state index in [4.69, 9.17) is 34.8 Å². The predicted octanol–water partition coefficient (Wildman–Crippen LogP) is 5.42. The minimum absolute atomic E-state index is 0.0389. The number of benzene rings is 2. The first-order valence-electron chi connectivity index (χ1n) is 12.4. The van der Waals surface area contributed by atoms with Gasteiger partial charge in [0, 0.05) is 17.0 Å². The first-order valence-corrected chi connectivity index (χ1v) is 13.7. The van der Waals surface area contributed by atoms with Gasteiger partial charge in [0.05, 0.1) is 21.9 Å². The van der Waals surface area contributed by atoms with Crippen LogP contribution in [-0.4, -0.2) is 45.4 Å². The lowest BCUT2D eigenvalue weighted by molar-refractivity contribution is -0.157. The van der Waals surface area contributed by atoms with Crippen molar-refractivity contribution in [3.63, 3.8) is 0 Å². The Balaban J connectivity index is 1.45. The average molecular weight is 576 g/mol. The zero-order valence-corrected chi connectivity index (χ0v) is 22.2. The summed E-state index contributed by atoms with van der Waals surface area (Å²) < 4.78 is 13.6. The summed E-state index contributed by atoms with van der Waals surface area (Å²) in [6, 6.07) is 7.74. The lowest BCUT2D eigenvalue weighted by atomic mass is 9.63. The first-order chi connectivity index (χ1) is 18.2. The van der Waals surface area contributed by atoms with Crippen molar-refractivity contribution in [3.05, 3.63) is 81.6 Å². The number of hydrogen-bond donors (Lipinski definition) is 0. The number of amides is 3. The lowest BCUT2D eigenvalue weighted by Gasteiger charge is -2.37. The van der Waals surface area contributed by atoms with E-state index >= 15 is 0 Å². The molecule has 0 spiro atoms. The van der Waals surface area contributed by atoms with Crippen LogP contribution >= 0.6 is 34.8 Å². The van der Waals surface area contributed by atoms with Gasteiger partial charge in [-0.2, -0.15) is 5.01 Å². The van der Waals surface area contributed by atoms with Crippen molar-refractivity contribution in [2.24, 2.45) is 35.5 Å². The second-order valence-electron chi connectivity index (χ2n) is 10.3. The number of halogens is 4. The Morgan fingerprint density at radius 2 is 1.50 bits per heavy atom. The fourth-order valence-corrected chi connectivity index (χ4v) is 7.07. The molecule has 1 saturated heterocycles. The zero-order valence-electron chi connectivity index (χ0n) is 19.9. The summed E-state index contributed by atoms with van der Waals surface area (Å²) in [5, 5.41) is 2.14. The number of allylic oxidation sites excluding steroid dienone is 2. The molecule has 6 nitrogen and oxygen atoms in total. The smallest absolute Gasteiger partial charge is 0.273 e. The maximum atomic E-state index is 14.1. The summed E-state index contributed by atoms with van der Waals surface area (Å²) in [5.74, 6) is -3.48. The Kier molecular flexibility index (Phi) is 6.36. The van der Waals surface area contributed by atoms with Gasteiger partial charge in [0.15, 0.2) is 5.78 Å². The molecular weight excluding hydrogens is 554 g/mol. The van der Waals surface area contributed by atoms with Crippen LogP contribution in [0, 0.1) is 41.3 Å². The van der Waals surface area contributed by atoms with Crippen molar-refractivity contribution in [3.8, 4) is 0 Å². The van der Waals surface area contributed by atoms with E-state index in [0.29, 0.717) is 11.8 Å². The van der Waals surface area contributed by atoms with Crippen LogP contribution < -0.4 is 0 Å². The Morgan fingerprint density at radius 3 is 2.05 bits per heavy atom. The second kappa shape index (κ2) is 9.47. The van der Waals surface area contributed by atoms with E-state index in [9.17, 15) is 23.6 Å². The van der Waals surface area contributed by atoms with Gasteiger partial charge < -0.3 is 0 Å². The molecule has 7 rings (SSSR count). The molecule has 0 radical (unpaired) electrons. The fraction of sp³-hybridized carbons (Fsp3) is 0.357. The van der Waals surface area contributed by atoms with Gasteiger partial charge in [0.25, 0.3) is 17.7 Å². The summed E-state index contributed by atoms with van der Waals surface area (Å²) >= 11 is 18.3. The SMILES string of the molecule is O=C(c1ccc(F)cc1)[C@H](CCCl)N(C(=O)c1ccc(Cl)c(Cl)c1)N1C(=O)[C@@H]2[C@H]3C=C[C@@H]([C@@H]4C[C@@H]34)[C@@H]2C1=O. The number of carbonyl (C=O) groups excluding carboxylic acids is 4. The third-order valence-electron chi connectivity index (χ3n) is 8.34. The van der Waals surface area contributed by atoms with Crippen molar-refractivity contribution in [2.75, 3.05) is 5.88 Å². The summed E-state index contributed by atoms with van der Waals surface area (Å²) in [6.07, 6.45) is 4.99. The van der Waals surface area contributed by atoms with E-state index in [1.807, 2.05) is 12.2 Å². The van der Waals surface area contributed by atoms with Crippen LogP contribution in [-0.2, 0) is 9.59 Å². The largest absolute Gasteiger partial charge is 0.292 e. The Bertz CT molecular complexity index is 1360. The Hall–Kier alpha value is -2.74. The predicted molar refractivity (Wildman–Crippen MR) is 139 cm³/mol. The Morgan fingerprint density at radius 1 is 0.921 bits per heavy atom. The first kappa shape index (κ1) is 25.5. The molecule has 0 unspecified atom stereocenters. The van der Waals surface area contributed by atoms with Crippen LogP contribution in [0.1, 0.15) is 33.6 Å². The van der Waals surface area contributed by atoms with Crippen LogP contribution in [0.25, 0.3) is 0 Å². The van der Waals surface area contributed by atoms with E-state index in [2.05, 4.69) is 0 Å². The third kappa shape index (κ3) is 3.90. The van der Waals surface area contributed by atoms with Crippen LogP contribution in [0.15, 0.2) is 54.6 Å². The van der Waals surface area contributed by atoms with E-state index < -0.39 is 47.2 Å². The molecule has 10 heteroatoms. The monoisotopic (exact) mass is 574 g/mol. The van der Waals surface area contributed by atoms with Gasteiger partial charge in [-0.25, -0.2) is 9.40 Å². The summed E-state index contributed by atoms with van der Waals surface area (Å²) in [7, 11) is 0. The number of alkyl halides is 1. The number of imide groups is 1. The highest BCUT2D eigenvalue weighted by Crippen LogP contribution is 2.65. The molecule has 2 saturated carbocycles. The molecule has 38 heavy (non-hydrogen) atoms. The van der Waals surface area contributed by atoms with E-state index in [1.54, 1.807) is 0 Å². The molecule has 196 valence electrons. The topological polar surface area (TPSA) is 74.8 Å². The van der Waals surface area contributed by atoms with E-state index in [-0.39, 0.29) is 45.3 Å². The average Bonchev–Trinajstić information content (AvgIpc) is 3.69. The van der Waals surface area contributed by atoms with Gasteiger partial charge >= 0.3 is 0 Å². The molecule has 3 fully saturated rings. The molecule has 3 amide bonds. The highest BCUT2D eigenvalue weighted by atomic mass is 35.5. The molecule has 5 aliphatic rings. The standard InChI is InChI=1S/C28H22Cl3FN2O4/c29-10-9-22(25(35)13-1-4-15(32)5-2-13)33(26(36)14-3-8-20(30)21(31)11-14)34-27(37)23-16-6-7-17(19-12-18(16)19)24(23)28(34)38/h1-8,11,16-19,22-24H,9-10,12H2/t16-,17-,18-,19-,22-,23-,24+/m0/s1. The van der Waals surface area contributed by atoms with Gasteiger partial charge in [-0.15, -0.1) is 11.6 Å². The van der Waals surface area contributed by atoms with Gasteiger partial charge in [0.2, 0.25) is 0 Å².